The van der Waals surface area contributed by atoms with Gasteiger partial charge in [-0.1, -0.05) is 0 Å². The predicted molar refractivity (Wildman–Crippen MR) is 105 cm³/mol. The first kappa shape index (κ1) is 19.9. The van der Waals surface area contributed by atoms with Crippen LogP contribution in [0.15, 0.2) is 36.7 Å². The molecule has 1 aromatic heterocycles. The van der Waals surface area contributed by atoms with Crippen molar-refractivity contribution in [3.8, 4) is 5.75 Å². The van der Waals surface area contributed by atoms with Crippen molar-refractivity contribution >= 4 is 11.8 Å². The number of nitrogens with zero attached hydrogens (tertiary/aromatic N) is 5. The first-order valence-corrected chi connectivity index (χ1v) is 9.25. The molecule has 1 aliphatic rings. The molecule has 0 saturated carbocycles. The molecule has 8 heteroatoms. The average molecular weight is 385 g/mol. The summed E-state index contributed by atoms with van der Waals surface area (Å²) in [5.41, 5.74) is 1.41. The lowest BCUT2D eigenvalue weighted by Gasteiger charge is -2.40. The zero-order valence-corrected chi connectivity index (χ0v) is 16.8. The van der Waals surface area contributed by atoms with Crippen LogP contribution < -0.4 is 4.74 Å². The summed E-state index contributed by atoms with van der Waals surface area (Å²) in [7, 11) is 7.01. The number of amides is 2. The molecule has 2 heterocycles. The average Bonchev–Trinajstić information content (AvgIpc) is 3.19. The first-order chi connectivity index (χ1) is 13.4. The van der Waals surface area contributed by atoms with Crippen LogP contribution in [0.2, 0.25) is 0 Å². The summed E-state index contributed by atoms with van der Waals surface area (Å²) in [5.74, 6) is 0.495. The molecule has 0 radical (unpaired) electrons. The van der Waals surface area contributed by atoms with Crippen LogP contribution in [0.5, 0.6) is 5.75 Å². The fourth-order valence-electron chi connectivity index (χ4n) is 3.44. The summed E-state index contributed by atoms with van der Waals surface area (Å²) in [6.07, 6.45) is 3.57. The summed E-state index contributed by atoms with van der Waals surface area (Å²) < 4.78 is 7.22. The van der Waals surface area contributed by atoms with Crippen LogP contribution in [-0.2, 0) is 11.3 Å². The van der Waals surface area contributed by atoms with Gasteiger partial charge in [0, 0.05) is 57.3 Å². The number of carbonyl (C=O) groups is 2. The van der Waals surface area contributed by atoms with Gasteiger partial charge in [0.15, 0.2) is 0 Å². The van der Waals surface area contributed by atoms with E-state index in [0.29, 0.717) is 30.9 Å². The van der Waals surface area contributed by atoms with E-state index >= 15 is 0 Å². The topological polar surface area (TPSA) is 70.9 Å². The lowest BCUT2D eigenvalue weighted by molar-refractivity contribution is -0.135. The molecule has 1 aromatic carbocycles. The van der Waals surface area contributed by atoms with Gasteiger partial charge >= 0.3 is 0 Å². The number of carbonyl (C=O) groups excluding carboxylic acids is 2. The number of rotatable bonds is 5. The zero-order valence-electron chi connectivity index (χ0n) is 16.8. The number of methoxy groups -OCH3 is 1. The van der Waals surface area contributed by atoms with E-state index in [-0.39, 0.29) is 11.8 Å². The van der Waals surface area contributed by atoms with Crippen LogP contribution in [0, 0.1) is 0 Å². The van der Waals surface area contributed by atoms with Crippen molar-refractivity contribution in [2.75, 3.05) is 47.9 Å². The quantitative estimate of drug-likeness (QED) is 0.761. The molecule has 0 aliphatic carbocycles. The normalized spacial score (nSPS) is 17.4. The van der Waals surface area contributed by atoms with E-state index in [1.165, 1.54) is 0 Å². The Labute approximate surface area is 165 Å². The van der Waals surface area contributed by atoms with E-state index < -0.39 is 6.04 Å². The molecular formula is C20H27N5O3. The highest BCUT2D eigenvalue weighted by Crippen LogP contribution is 2.23. The molecule has 0 N–H and O–H groups in total. The number of piperazine rings is 1. The molecule has 1 atom stereocenters. The second-order valence-electron chi connectivity index (χ2n) is 7.24. The van der Waals surface area contributed by atoms with E-state index in [1.807, 2.05) is 25.4 Å². The molecule has 1 fully saturated rings. The maximum atomic E-state index is 13.3. The van der Waals surface area contributed by atoms with Crippen LogP contribution in [0.25, 0.3) is 0 Å². The molecule has 1 aliphatic heterocycles. The highest BCUT2D eigenvalue weighted by Gasteiger charge is 2.35. The molecule has 0 bridgehead atoms. The fourth-order valence-corrected chi connectivity index (χ4v) is 3.44. The van der Waals surface area contributed by atoms with Gasteiger partial charge < -0.3 is 19.4 Å². The van der Waals surface area contributed by atoms with Crippen molar-refractivity contribution in [2.24, 2.45) is 0 Å². The Morgan fingerprint density at radius 3 is 2.71 bits per heavy atom. The first-order valence-electron chi connectivity index (χ1n) is 9.25. The van der Waals surface area contributed by atoms with E-state index in [1.54, 1.807) is 54.0 Å². The Kier molecular flexibility index (Phi) is 5.99. The molecular weight excluding hydrogens is 358 g/mol. The van der Waals surface area contributed by atoms with Gasteiger partial charge in [-0.3, -0.25) is 14.3 Å². The lowest BCUT2D eigenvalue weighted by atomic mass is 10.1. The van der Waals surface area contributed by atoms with Gasteiger partial charge in [0.1, 0.15) is 11.8 Å². The maximum absolute atomic E-state index is 13.3. The summed E-state index contributed by atoms with van der Waals surface area (Å²) in [6.45, 7) is 2.28. The summed E-state index contributed by atoms with van der Waals surface area (Å²) in [6, 6.07) is 6.74. The largest absolute Gasteiger partial charge is 0.496 e. The van der Waals surface area contributed by atoms with E-state index in [4.69, 9.17) is 4.74 Å². The Morgan fingerprint density at radius 2 is 2.07 bits per heavy atom. The third-order valence-electron chi connectivity index (χ3n) is 4.99. The molecule has 150 valence electrons. The van der Waals surface area contributed by atoms with Gasteiger partial charge in [-0.25, -0.2) is 0 Å². The molecule has 2 aromatic rings. The molecule has 28 heavy (non-hydrogen) atoms. The fraction of sp³-hybridized carbons (Fsp3) is 0.450. The Morgan fingerprint density at radius 1 is 1.29 bits per heavy atom. The van der Waals surface area contributed by atoms with Crippen LogP contribution in [0.1, 0.15) is 15.9 Å². The number of benzene rings is 1. The molecule has 1 saturated heterocycles. The molecule has 8 nitrogen and oxygen atoms in total. The zero-order chi connectivity index (χ0) is 20.3. The van der Waals surface area contributed by atoms with Crippen LogP contribution in [-0.4, -0.2) is 90.2 Å². The molecule has 3 rings (SSSR count). The van der Waals surface area contributed by atoms with Crippen LogP contribution >= 0.6 is 0 Å². The van der Waals surface area contributed by atoms with Crippen molar-refractivity contribution in [3.63, 3.8) is 0 Å². The van der Waals surface area contributed by atoms with Crippen molar-refractivity contribution in [2.45, 2.75) is 12.6 Å². The van der Waals surface area contributed by atoms with E-state index in [0.717, 1.165) is 12.1 Å². The van der Waals surface area contributed by atoms with Crippen molar-refractivity contribution < 1.29 is 14.3 Å². The van der Waals surface area contributed by atoms with Gasteiger partial charge in [0.05, 0.1) is 13.7 Å². The van der Waals surface area contributed by atoms with E-state index in [9.17, 15) is 9.59 Å². The summed E-state index contributed by atoms with van der Waals surface area (Å²) in [4.78, 5) is 31.2. The number of hydrogen-bond donors (Lipinski definition) is 0. The number of hydrogen-bond acceptors (Lipinski definition) is 5. The SMILES string of the molecule is COc1ccc(C(=O)N2CCN(C)CC2C(=O)N(C)C)cc1Cn1cccn1. The minimum Gasteiger partial charge on any atom is -0.496 e. The minimum absolute atomic E-state index is 0.0647. The Balaban J connectivity index is 1.88. The number of aromatic nitrogens is 2. The second-order valence-corrected chi connectivity index (χ2v) is 7.24. The predicted octanol–water partition coefficient (Wildman–Crippen LogP) is 0.784. The summed E-state index contributed by atoms with van der Waals surface area (Å²) in [5, 5.41) is 4.22. The Hall–Kier alpha value is -2.87. The third-order valence-corrected chi connectivity index (χ3v) is 4.99. The lowest BCUT2D eigenvalue weighted by Crippen LogP contribution is -2.59. The second kappa shape index (κ2) is 8.43. The van der Waals surface area contributed by atoms with Gasteiger partial charge in [-0.05, 0) is 31.3 Å². The number of ether oxygens (including phenoxy) is 1. The van der Waals surface area contributed by atoms with Crippen molar-refractivity contribution in [1.82, 2.24) is 24.5 Å². The highest BCUT2D eigenvalue weighted by molar-refractivity contribution is 5.98. The van der Waals surface area contributed by atoms with Gasteiger partial charge in [-0.2, -0.15) is 5.10 Å². The minimum atomic E-state index is -0.488. The molecule has 2 amide bonds. The van der Waals surface area contributed by atoms with Gasteiger partial charge in [0.2, 0.25) is 5.91 Å². The summed E-state index contributed by atoms with van der Waals surface area (Å²) >= 11 is 0. The smallest absolute Gasteiger partial charge is 0.254 e. The van der Waals surface area contributed by atoms with Gasteiger partial charge in [0.25, 0.3) is 5.91 Å². The van der Waals surface area contributed by atoms with Gasteiger partial charge in [-0.15, -0.1) is 0 Å². The third kappa shape index (κ3) is 4.17. The standard InChI is InChI=1S/C20H27N5O3/c1-22(2)20(27)17-14-23(3)10-11-25(17)19(26)15-6-7-18(28-4)16(12-15)13-24-9-5-8-21-24/h5-9,12,17H,10-11,13-14H2,1-4H3. The maximum Gasteiger partial charge on any atom is 0.254 e. The van der Waals surface area contributed by atoms with Crippen molar-refractivity contribution in [3.05, 3.63) is 47.8 Å². The van der Waals surface area contributed by atoms with Crippen LogP contribution in [0.4, 0.5) is 0 Å². The van der Waals surface area contributed by atoms with E-state index in [2.05, 4.69) is 10.00 Å². The Bertz CT molecular complexity index is 834. The molecule has 1 unspecified atom stereocenters. The van der Waals surface area contributed by atoms with Crippen LogP contribution in [0.3, 0.4) is 0 Å². The monoisotopic (exact) mass is 385 g/mol. The molecule has 0 spiro atoms. The van der Waals surface area contributed by atoms with Crippen molar-refractivity contribution in [1.29, 1.82) is 0 Å². The number of likely N-dealkylation sites (N-methyl/N-ethyl adjacent to an activating group) is 2. The highest BCUT2D eigenvalue weighted by atomic mass is 16.5.